The van der Waals surface area contributed by atoms with Crippen molar-refractivity contribution >= 4 is 27.7 Å². The Bertz CT molecular complexity index is 546. The van der Waals surface area contributed by atoms with Crippen molar-refractivity contribution in [1.29, 1.82) is 0 Å². The van der Waals surface area contributed by atoms with E-state index >= 15 is 0 Å². The second-order valence-corrected chi connectivity index (χ2v) is 7.55. The number of hydrogen-bond acceptors (Lipinski definition) is 4. The number of halogens is 1. The summed E-state index contributed by atoms with van der Waals surface area (Å²) in [4.78, 5) is 18.3. The van der Waals surface area contributed by atoms with Crippen LogP contribution in [-0.4, -0.2) is 40.7 Å². The average molecular weight is 370 g/mol. The fourth-order valence-electron chi connectivity index (χ4n) is 2.54. The monoisotopic (exact) mass is 369 g/mol. The normalized spacial score (nSPS) is 18.5. The Labute approximate surface area is 140 Å². The molecule has 122 valence electrons. The van der Waals surface area contributed by atoms with Gasteiger partial charge < -0.3 is 15.0 Å². The molecule has 22 heavy (non-hydrogen) atoms. The average Bonchev–Trinajstić information content (AvgIpc) is 2.80. The molecule has 2 heterocycles. The van der Waals surface area contributed by atoms with Crippen molar-refractivity contribution in [1.82, 2.24) is 9.88 Å². The lowest BCUT2D eigenvalue weighted by atomic mass is 10.2. The predicted octanol–water partition coefficient (Wildman–Crippen LogP) is 3.88. The van der Waals surface area contributed by atoms with Gasteiger partial charge in [-0.2, -0.15) is 0 Å². The summed E-state index contributed by atoms with van der Waals surface area (Å²) in [7, 11) is 0. The van der Waals surface area contributed by atoms with Gasteiger partial charge in [0.1, 0.15) is 10.2 Å². The number of aryl methyl sites for hydroxylation is 2. The van der Waals surface area contributed by atoms with E-state index in [0.29, 0.717) is 13.1 Å². The molecule has 5 nitrogen and oxygen atoms in total. The number of ether oxygens (including phenoxy) is 1. The first-order valence-electron chi connectivity index (χ1n) is 7.54. The van der Waals surface area contributed by atoms with Gasteiger partial charge in [-0.05, 0) is 68.6 Å². The molecule has 0 spiro atoms. The van der Waals surface area contributed by atoms with E-state index < -0.39 is 5.60 Å². The van der Waals surface area contributed by atoms with E-state index in [4.69, 9.17) is 4.74 Å². The molecule has 1 N–H and O–H groups in total. The van der Waals surface area contributed by atoms with Gasteiger partial charge in [0.15, 0.2) is 0 Å². The van der Waals surface area contributed by atoms with Crippen LogP contribution in [-0.2, 0) is 4.74 Å². The van der Waals surface area contributed by atoms with Gasteiger partial charge in [-0.3, -0.25) is 0 Å². The van der Waals surface area contributed by atoms with Crippen LogP contribution in [0.2, 0.25) is 0 Å². The van der Waals surface area contributed by atoms with Crippen molar-refractivity contribution in [3.63, 3.8) is 0 Å². The second kappa shape index (κ2) is 6.44. The van der Waals surface area contributed by atoms with Crippen molar-refractivity contribution in [3.05, 3.63) is 21.9 Å². The molecule has 2 rings (SSSR count). The Hall–Kier alpha value is -1.30. The summed E-state index contributed by atoms with van der Waals surface area (Å²) >= 11 is 3.51. The molecule has 6 heteroatoms. The van der Waals surface area contributed by atoms with Crippen molar-refractivity contribution in [3.8, 4) is 0 Å². The Morgan fingerprint density at radius 3 is 2.73 bits per heavy atom. The molecule has 0 saturated carbocycles. The van der Waals surface area contributed by atoms with E-state index in [9.17, 15) is 4.79 Å². The highest BCUT2D eigenvalue weighted by molar-refractivity contribution is 9.10. The summed E-state index contributed by atoms with van der Waals surface area (Å²) in [5, 5.41) is 3.49. The van der Waals surface area contributed by atoms with E-state index in [2.05, 4.69) is 33.2 Å². The molecule has 1 aromatic heterocycles. The zero-order chi connectivity index (χ0) is 16.5. The van der Waals surface area contributed by atoms with E-state index in [1.165, 1.54) is 0 Å². The third-order valence-corrected chi connectivity index (χ3v) is 4.06. The maximum absolute atomic E-state index is 12.1. The minimum Gasteiger partial charge on any atom is -0.444 e. The number of aromatic nitrogens is 1. The van der Waals surface area contributed by atoms with E-state index in [-0.39, 0.29) is 12.1 Å². The number of carbonyl (C=O) groups excluding carboxylic acids is 1. The highest BCUT2D eigenvalue weighted by Crippen LogP contribution is 2.27. The zero-order valence-electron chi connectivity index (χ0n) is 13.9. The molecule has 1 atom stereocenters. The summed E-state index contributed by atoms with van der Waals surface area (Å²) in [6.45, 7) is 11.0. The van der Waals surface area contributed by atoms with E-state index in [1.807, 2.05) is 33.8 Å². The largest absolute Gasteiger partial charge is 0.444 e. The van der Waals surface area contributed by atoms with Gasteiger partial charge in [0.25, 0.3) is 0 Å². The Kier molecular flexibility index (Phi) is 5.00. The van der Waals surface area contributed by atoms with Crippen molar-refractivity contribution in [2.45, 2.75) is 52.7 Å². The fourth-order valence-corrected chi connectivity index (χ4v) is 3.25. The zero-order valence-corrected chi connectivity index (χ0v) is 15.5. The van der Waals surface area contributed by atoms with Gasteiger partial charge in [0, 0.05) is 24.8 Å². The molecule has 1 saturated heterocycles. The van der Waals surface area contributed by atoms with Crippen molar-refractivity contribution in [2.24, 2.45) is 0 Å². The number of nitrogens with one attached hydrogen (secondary N) is 1. The van der Waals surface area contributed by atoms with Crippen LogP contribution in [0.1, 0.15) is 38.4 Å². The Morgan fingerprint density at radius 1 is 1.45 bits per heavy atom. The number of amides is 1. The summed E-state index contributed by atoms with van der Waals surface area (Å²) in [5.41, 5.74) is 2.68. The molecule has 1 aliphatic rings. The molecule has 1 amide bonds. The summed E-state index contributed by atoms with van der Waals surface area (Å²) in [6.07, 6.45) is 0.661. The van der Waals surface area contributed by atoms with Crippen molar-refractivity contribution < 1.29 is 9.53 Å². The number of carbonyl (C=O) groups is 1. The number of nitrogens with zero attached hydrogens (tertiary/aromatic N) is 2. The molecule has 1 aromatic rings. The lowest BCUT2D eigenvalue weighted by Crippen LogP contribution is -2.36. The molecular weight excluding hydrogens is 346 g/mol. The molecule has 1 fully saturated rings. The van der Waals surface area contributed by atoms with Gasteiger partial charge in [0.05, 0.1) is 5.69 Å². The molecule has 0 bridgehead atoms. The van der Waals surface area contributed by atoms with Crippen LogP contribution in [0.15, 0.2) is 10.7 Å². The van der Waals surface area contributed by atoms with Gasteiger partial charge in [-0.25, -0.2) is 9.78 Å². The lowest BCUT2D eigenvalue weighted by molar-refractivity contribution is 0.0293. The van der Waals surface area contributed by atoms with Gasteiger partial charge in [0.2, 0.25) is 0 Å². The third kappa shape index (κ3) is 4.35. The molecule has 0 unspecified atom stereocenters. The SMILES string of the molecule is Cc1cc(C)c(N[C@H]2CCN(C(=O)OC(C)(C)C)C2)c(Br)n1. The van der Waals surface area contributed by atoms with Crippen LogP contribution in [0.4, 0.5) is 10.5 Å². The van der Waals surface area contributed by atoms with E-state index in [1.54, 1.807) is 4.90 Å². The lowest BCUT2D eigenvalue weighted by Gasteiger charge is -2.24. The first-order valence-corrected chi connectivity index (χ1v) is 8.33. The van der Waals surface area contributed by atoms with Gasteiger partial charge in [-0.1, -0.05) is 0 Å². The van der Waals surface area contributed by atoms with E-state index in [0.717, 1.165) is 28.0 Å². The van der Waals surface area contributed by atoms with Gasteiger partial charge in [-0.15, -0.1) is 0 Å². The molecular formula is C16H24BrN3O2. The summed E-state index contributed by atoms with van der Waals surface area (Å²) in [5.74, 6) is 0. The van der Waals surface area contributed by atoms with Crippen LogP contribution in [0.3, 0.4) is 0 Å². The number of likely N-dealkylation sites (tertiary alicyclic amines) is 1. The van der Waals surface area contributed by atoms with Crippen LogP contribution in [0.5, 0.6) is 0 Å². The first-order chi connectivity index (χ1) is 10.2. The second-order valence-electron chi connectivity index (χ2n) is 6.80. The number of rotatable bonds is 2. The Balaban J connectivity index is 1.99. The van der Waals surface area contributed by atoms with Crippen LogP contribution < -0.4 is 5.32 Å². The molecule has 0 aromatic carbocycles. The number of pyridine rings is 1. The molecule has 1 aliphatic heterocycles. The Morgan fingerprint density at radius 2 is 2.14 bits per heavy atom. The smallest absolute Gasteiger partial charge is 0.410 e. The fraction of sp³-hybridized carbons (Fsp3) is 0.625. The maximum atomic E-state index is 12.1. The topological polar surface area (TPSA) is 54.5 Å². The number of hydrogen-bond donors (Lipinski definition) is 1. The predicted molar refractivity (Wildman–Crippen MR) is 91.2 cm³/mol. The van der Waals surface area contributed by atoms with Crippen molar-refractivity contribution in [2.75, 3.05) is 18.4 Å². The summed E-state index contributed by atoms with van der Waals surface area (Å²) in [6, 6.07) is 2.26. The first kappa shape index (κ1) is 17.1. The minimum absolute atomic E-state index is 0.215. The molecule has 0 aliphatic carbocycles. The maximum Gasteiger partial charge on any atom is 0.410 e. The molecule has 0 radical (unpaired) electrons. The third-order valence-electron chi connectivity index (χ3n) is 3.49. The quantitative estimate of drug-likeness (QED) is 0.803. The number of anilines is 1. The van der Waals surface area contributed by atoms with Crippen LogP contribution in [0, 0.1) is 13.8 Å². The van der Waals surface area contributed by atoms with Crippen LogP contribution in [0.25, 0.3) is 0 Å². The summed E-state index contributed by atoms with van der Waals surface area (Å²) < 4.78 is 6.24. The van der Waals surface area contributed by atoms with Gasteiger partial charge >= 0.3 is 6.09 Å². The highest BCUT2D eigenvalue weighted by Gasteiger charge is 2.30. The minimum atomic E-state index is -0.455. The standard InChI is InChI=1S/C16H24BrN3O2/c1-10-8-11(2)18-14(17)13(10)19-12-6-7-20(9-12)15(21)22-16(3,4)5/h8,12,19H,6-7,9H2,1-5H3/t12-/m0/s1. The highest BCUT2D eigenvalue weighted by atomic mass is 79.9. The van der Waals surface area contributed by atoms with Crippen LogP contribution >= 0.6 is 15.9 Å².